The molecule has 100 valence electrons. The number of nitrogens with zero attached hydrogens (tertiary/aromatic N) is 1. The Morgan fingerprint density at radius 2 is 1.89 bits per heavy atom. The fraction of sp³-hybridized carbons (Fsp3) is 0.312. The van der Waals surface area contributed by atoms with Gasteiger partial charge in [0, 0.05) is 6.20 Å². The first-order valence-electron chi connectivity index (χ1n) is 6.55. The Bertz CT molecular complexity index is 564. The largest absolute Gasteiger partial charge is 0.271 e. The molecule has 0 saturated carbocycles. The van der Waals surface area contributed by atoms with E-state index in [1.807, 2.05) is 12.3 Å². The molecule has 1 unspecified atom stereocenters. The van der Waals surface area contributed by atoms with Gasteiger partial charge in [-0.2, -0.15) is 0 Å². The normalized spacial score (nSPS) is 12.4. The summed E-state index contributed by atoms with van der Waals surface area (Å²) in [5.74, 6) is 5.68. The average Bonchev–Trinajstić information content (AvgIpc) is 2.40. The molecule has 0 spiro atoms. The van der Waals surface area contributed by atoms with Gasteiger partial charge in [-0.05, 0) is 61.6 Å². The molecule has 3 nitrogen and oxygen atoms in total. The molecule has 1 aromatic carbocycles. The Balaban J connectivity index is 2.21. The van der Waals surface area contributed by atoms with Crippen LogP contribution >= 0.6 is 0 Å². The third-order valence-electron chi connectivity index (χ3n) is 3.51. The van der Waals surface area contributed by atoms with Crippen LogP contribution in [0, 0.1) is 20.8 Å². The van der Waals surface area contributed by atoms with Gasteiger partial charge < -0.3 is 0 Å². The average molecular weight is 255 g/mol. The number of benzene rings is 1. The molecule has 0 aliphatic heterocycles. The Morgan fingerprint density at radius 3 is 2.53 bits per heavy atom. The van der Waals surface area contributed by atoms with Crippen LogP contribution in [0.15, 0.2) is 36.5 Å². The van der Waals surface area contributed by atoms with Crippen molar-refractivity contribution in [3.05, 3.63) is 64.5 Å². The van der Waals surface area contributed by atoms with Crippen LogP contribution in [0.2, 0.25) is 0 Å². The van der Waals surface area contributed by atoms with Gasteiger partial charge in [-0.3, -0.25) is 16.3 Å². The highest BCUT2D eigenvalue weighted by Crippen LogP contribution is 2.18. The predicted octanol–water partition coefficient (Wildman–Crippen LogP) is 2.75. The molecule has 0 amide bonds. The zero-order valence-electron chi connectivity index (χ0n) is 11.8. The highest BCUT2D eigenvalue weighted by atomic mass is 15.2. The summed E-state index contributed by atoms with van der Waals surface area (Å²) < 4.78 is 0. The minimum absolute atomic E-state index is 0.0435. The molecule has 19 heavy (non-hydrogen) atoms. The number of hydrazine groups is 1. The van der Waals surface area contributed by atoms with Crippen LogP contribution < -0.4 is 11.3 Å². The first-order valence-corrected chi connectivity index (χ1v) is 6.55. The second kappa shape index (κ2) is 5.95. The first kappa shape index (κ1) is 13.7. The van der Waals surface area contributed by atoms with Crippen molar-refractivity contribution in [3.8, 4) is 0 Å². The van der Waals surface area contributed by atoms with Crippen molar-refractivity contribution in [2.75, 3.05) is 0 Å². The van der Waals surface area contributed by atoms with Crippen LogP contribution in [0.5, 0.6) is 0 Å². The van der Waals surface area contributed by atoms with Crippen molar-refractivity contribution in [1.29, 1.82) is 0 Å². The zero-order valence-corrected chi connectivity index (χ0v) is 11.8. The maximum atomic E-state index is 5.68. The van der Waals surface area contributed by atoms with Crippen molar-refractivity contribution in [2.45, 2.75) is 33.2 Å². The summed E-state index contributed by atoms with van der Waals surface area (Å²) in [6.07, 6.45) is 2.67. The third-order valence-corrected chi connectivity index (χ3v) is 3.51. The summed E-state index contributed by atoms with van der Waals surface area (Å²) in [6, 6.07) is 10.6. The summed E-state index contributed by atoms with van der Waals surface area (Å²) >= 11 is 0. The van der Waals surface area contributed by atoms with Crippen LogP contribution in [-0.4, -0.2) is 4.98 Å². The summed E-state index contributed by atoms with van der Waals surface area (Å²) in [6.45, 7) is 6.32. The van der Waals surface area contributed by atoms with E-state index in [4.69, 9.17) is 5.84 Å². The molecule has 3 N–H and O–H groups in total. The van der Waals surface area contributed by atoms with Crippen molar-refractivity contribution in [3.63, 3.8) is 0 Å². The van der Waals surface area contributed by atoms with E-state index in [9.17, 15) is 0 Å². The molecule has 2 rings (SSSR count). The fourth-order valence-corrected chi connectivity index (χ4v) is 2.17. The van der Waals surface area contributed by atoms with Gasteiger partial charge in [0.25, 0.3) is 0 Å². The van der Waals surface area contributed by atoms with E-state index in [0.29, 0.717) is 0 Å². The molecule has 2 aromatic rings. The number of pyridine rings is 1. The molecule has 0 bridgehead atoms. The number of hydrogen-bond donors (Lipinski definition) is 2. The molecular weight excluding hydrogens is 234 g/mol. The van der Waals surface area contributed by atoms with E-state index in [0.717, 1.165) is 12.1 Å². The summed E-state index contributed by atoms with van der Waals surface area (Å²) in [4.78, 5) is 4.40. The third kappa shape index (κ3) is 3.40. The first-order chi connectivity index (χ1) is 9.10. The Morgan fingerprint density at radius 1 is 1.11 bits per heavy atom. The van der Waals surface area contributed by atoms with Gasteiger partial charge >= 0.3 is 0 Å². The standard InChI is InChI=1S/C16H21N3/c1-11-6-7-18-15(8-11)16(19-17)10-14-5-4-12(2)13(3)9-14/h4-9,16,19H,10,17H2,1-3H3. The summed E-state index contributed by atoms with van der Waals surface area (Å²) in [5, 5.41) is 0. The molecule has 0 saturated heterocycles. The smallest absolute Gasteiger partial charge is 0.0672 e. The number of nitrogens with one attached hydrogen (secondary N) is 1. The second-order valence-corrected chi connectivity index (χ2v) is 5.10. The lowest BCUT2D eigenvalue weighted by atomic mass is 9.99. The molecule has 0 fully saturated rings. The van der Waals surface area contributed by atoms with Gasteiger partial charge in [0.05, 0.1) is 11.7 Å². The zero-order chi connectivity index (χ0) is 13.8. The lowest BCUT2D eigenvalue weighted by Gasteiger charge is -2.16. The highest BCUT2D eigenvalue weighted by molar-refractivity contribution is 5.31. The van der Waals surface area contributed by atoms with Gasteiger partial charge in [0.1, 0.15) is 0 Å². The van der Waals surface area contributed by atoms with Gasteiger partial charge in [0.15, 0.2) is 0 Å². The van der Waals surface area contributed by atoms with Crippen LogP contribution in [0.25, 0.3) is 0 Å². The maximum absolute atomic E-state index is 5.68. The van der Waals surface area contributed by atoms with Crippen LogP contribution in [0.4, 0.5) is 0 Å². The number of nitrogens with two attached hydrogens (primary N) is 1. The molecule has 0 radical (unpaired) electrons. The molecule has 0 aliphatic rings. The van der Waals surface area contributed by atoms with E-state index in [-0.39, 0.29) is 6.04 Å². The Hall–Kier alpha value is -1.71. The number of aromatic nitrogens is 1. The van der Waals surface area contributed by atoms with Crippen LogP contribution in [-0.2, 0) is 6.42 Å². The minimum Gasteiger partial charge on any atom is -0.271 e. The topological polar surface area (TPSA) is 50.9 Å². The van der Waals surface area contributed by atoms with Crippen LogP contribution in [0.1, 0.15) is 34.0 Å². The number of aryl methyl sites for hydroxylation is 3. The van der Waals surface area contributed by atoms with E-state index in [1.54, 1.807) is 0 Å². The minimum atomic E-state index is 0.0435. The van der Waals surface area contributed by atoms with Crippen molar-refractivity contribution < 1.29 is 0 Å². The lowest BCUT2D eigenvalue weighted by Crippen LogP contribution is -2.30. The molecular formula is C16H21N3. The van der Waals surface area contributed by atoms with Gasteiger partial charge in [0.2, 0.25) is 0 Å². The summed E-state index contributed by atoms with van der Waals surface area (Å²) in [7, 11) is 0. The van der Waals surface area contributed by atoms with E-state index in [2.05, 4.69) is 55.4 Å². The highest BCUT2D eigenvalue weighted by Gasteiger charge is 2.12. The van der Waals surface area contributed by atoms with Gasteiger partial charge in [-0.1, -0.05) is 18.2 Å². The SMILES string of the molecule is Cc1ccnc(C(Cc2ccc(C)c(C)c2)NN)c1. The monoisotopic (exact) mass is 255 g/mol. The Labute approximate surface area is 114 Å². The number of hydrogen-bond acceptors (Lipinski definition) is 3. The maximum Gasteiger partial charge on any atom is 0.0672 e. The molecule has 1 aromatic heterocycles. The van der Waals surface area contributed by atoms with Crippen molar-refractivity contribution in [1.82, 2.24) is 10.4 Å². The van der Waals surface area contributed by atoms with Crippen molar-refractivity contribution in [2.24, 2.45) is 5.84 Å². The molecule has 0 aliphatic carbocycles. The summed E-state index contributed by atoms with van der Waals surface area (Å²) in [5.41, 5.74) is 8.95. The van der Waals surface area contributed by atoms with Crippen molar-refractivity contribution >= 4 is 0 Å². The Kier molecular flexibility index (Phi) is 4.30. The predicted molar refractivity (Wildman–Crippen MR) is 78.7 cm³/mol. The second-order valence-electron chi connectivity index (χ2n) is 5.10. The van der Waals surface area contributed by atoms with Gasteiger partial charge in [-0.15, -0.1) is 0 Å². The quantitative estimate of drug-likeness (QED) is 0.652. The lowest BCUT2D eigenvalue weighted by molar-refractivity contribution is 0.538. The van der Waals surface area contributed by atoms with E-state index < -0.39 is 0 Å². The number of rotatable bonds is 4. The van der Waals surface area contributed by atoms with Gasteiger partial charge in [-0.25, -0.2) is 0 Å². The molecule has 1 heterocycles. The van der Waals surface area contributed by atoms with Crippen LogP contribution in [0.3, 0.4) is 0 Å². The molecule has 1 atom stereocenters. The van der Waals surface area contributed by atoms with E-state index in [1.165, 1.54) is 22.3 Å². The fourth-order valence-electron chi connectivity index (χ4n) is 2.17. The molecule has 3 heteroatoms. The van der Waals surface area contributed by atoms with E-state index >= 15 is 0 Å².